The van der Waals surface area contributed by atoms with E-state index >= 15 is 0 Å². The molecule has 0 aliphatic carbocycles. The second-order valence-electron chi connectivity index (χ2n) is 5.13. The molecule has 0 saturated carbocycles. The normalized spacial score (nSPS) is 10.9. The van der Waals surface area contributed by atoms with Gasteiger partial charge >= 0.3 is 0 Å². The zero-order valence-electron chi connectivity index (χ0n) is 13.1. The lowest BCUT2D eigenvalue weighted by Gasteiger charge is -2.08. The summed E-state index contributed by atoms with van der Waals surface area (Å²) in [6.45, 7) is 0. The number of carbonyl (C=O) groups is 2. The summed E-state index contributed by atoms with van der Waals surface area (Å²) in [6.07, 6.45) is 2.97. The Hall–Kier alpha value is -3.34. The highest BCUT2D eigenvalue weighted by atomic mass is 16.3. The number of hydrogen-bond donors (Lipinski definition) is 2. The summed E-state index contributed by atoms with van der Waals surface area (Å²) in [5, 5.41) is 6.22. The van der Waals surface area contributed by atoms with E-state index in [4.69, 9.17) is 4.42 Å². The van der Waals surface area contributed by atoms with Crippen LogP contribution in [-0.4, -0.2) is 18.9 Å². The highest BCUT2D eigenvalue weighted by Crippen LogP contribution is 2.20. The SMILES string of the molecule is CNC(=O)c1ccccc1NC(=O)/C=C/c1cc2ccccc2o1. The lowest BCUT2D eigenvalue weighted by atomic mass is 10.1. The Morgan fingerprint density at radius 3 is 2.58 bits per heavy atom. The lowest BCUT2D eigenvalue weighted by Crippen LogP contribution is -2.20. The minimum Gasteiger partial charge on any atom is -0.457 e. The number of carbonyl (C=O) groups excluding carboxylic acids is 2. The van der Waals surface area contributed by atoms with Crippen molar-refractivity contribution in [1.29, 1.82) is 0 Å². The summed E-state index contributed by atoms with van der Waals surface area (Å²) in [6, 6.07) is 16.3. The first-order valence-electron chi connectivity index (χ1n) is 7.46. The molecule has 3 aromatic rings. The van der Waals surface area contributed by atoms with Gasteiger partial charge in [0.1, 0.15) is 11.3 Å². The molecular formula is C19H16N2O3. The van der Waals surface area contributed by atoms with Crippen molar-refractivity contribution in [3.05, 3.63) is 72.0 Å². The van der Waals surface area contributed by atoms with Crippen LogP contribution in [0.5, 0.6) is 0 Å². The van der Waals surface area contributed by atoms with Crippen LogP contribution in [0.4, 0.5) is 5.69 Å². The molecule has 0 aliphatic rings. The van der Waals surface area contributed by atoms with Crippen LogP contribution in [-0.2, 0) is 4.79 Å². The van der Waals surface area contributed by atoms with E-state index in [9.17, 15) is 9.59 Å². The fraction of sp³-hybridized carbons (Fsp3) is 0.0526. The topological polar surface area (TPSA) is 71.3 Å². The lowest BCUT2D eigenvalue weighted by molar-refractivity contribution is -0.111. The molecule has 120 valence electrons. The third-order valence-electron chi connectivity index (χ3n) is 3.50. The Morgan fingerprint density at radius 2 is 1.79 bits per heavy atom. The summed E-state index contributed by atoms with van der Waals surface area (Å²) in [7, 11) is 1.54. The molecule has 2 aromatic carbocycles. The first-order valence-corrected chi connectivity index (χ1v) is 7.46. The summed E-state index contributed by atoms with van der Waals surface area (Å²) in [5.41, 5.74) is 1.63. The van der Waals surface area contributed by atoms with Gasteiger partial charge in [-0.25, -0.2) is 0 Å². The third-order valence-corrected chi connectivity index (χ3v) is 3.50. The Morgan fingerprint density at radius 1 is 1.04 bits per heavy atom. The maximum atomic E-state index is 12.1. The van der Waals surface area contributed by atoms with Crippen LogP contribution in [0.2, 0.25) is 0 Å². The van der Waals surface area contributed by atoms with Gasteiger partial charge in [-0.15, -0.1) is 0 Å². The van der Waals surface area contributed by atoms with Crippen molar-refractivity contribution < 1.29 is 14.0 Å². The Kier molecular flexibility index (Phi) is 4.43. The molecule has 0 fully saturated rings. The van der Waals surface area contributed by atoms with Gasteiger partial charge in [0.15, 0.2) is 0 Å². The van der Waals surface area contributed by atoms with E-state index in [1.165, 1.54) is 6.08 Å². The summed E-state index contributed by atoms with van der Waals surface area (Å²) < 4.78 is 5.62. The standard InChI is InChI=1S/C19H16N2O3/c1-20-19(23)15-7-3-4-8-16(15)21-18(22)11-10-14-12-13-6-2-5-9-17(13)24-14/h2-12H,1H3,(H,20,23)(H,21,22)/b11-10+. The number of amides is 2. The highest BCUT2D eigenvalue weighted by Gasteiger charge is 2.10. The molecule has 0 bridgehead atoms. The quantitative estimate of drug-likeness (QED) is 0.723. The van der Waals surface area contributed by atoms with Gasteiger partial charge in [0, 0.05) is 18.5 Å². The molecule has 2 N–H and O–H groups in total. The molecule has 0 aliphatic heterocycles. The van der Waals surface area contributed by atoms with Crippen LogP contribution >= 0.6 is 0 Å². The molecular weight excluding hydrogens is 304 g/mol. The second-order valence-corrected chi connectivity index (χ2v) is 5.13. The molecule has 1 heterocycles. The number of anilines is 1. The van der Waals surface area contributed by atoms with Crippen molar-refractivity contribution in [3.8, 4) is 0 Å². The fourth-order valence-corrected chi connectivity index (χ4v) is 2.34. The number of nitrogens with one attached hydrogen (secondary N) is 2. The van der Waals surface area contributed by atoms with Crippen LogP contribution in [0.25, 0.3) is 17.0 Å². The number of fused-ring (bicyclic) bond motifs is 1. The molecule has 5 heteroatoms. The zero-order chi connectivity index (χ0) is 16.9. The van der Waals surface area contributed by atoms with Gasteiger partial charge < -0.3 is 15.1 Å². The van der Waals surface area contributed by atoms with E-state index in [1.54, 1.807) is 37.4 Å². The number of furan rings is 1. The van der Waals surface area contributed by atoms with Crippen molar-refractivity contribution in [1.82, 2.24) is 5.32 Å². The first kappa shape index (κ1) is 15.6. The average molecular weight is 320 g/mol. The molecule has 0 atom stereocenters. The van der Waals surface area contributed by atoms with Crippen LogP contribution < -0.4 is 10.6 Å². The van der Waals surface area contributed by atoms with Crippen molar-refractivity contribution in [2.45, 2.75) is 0 Å². The highest BCUT2D eigenvalue weighted by molar-refractivity contribution is 6.07. The maximum Gasteiger partial charge on any atom is 0.253 e. The van der Waals surface area contributed by atoms with E-state index in [1.807, 2.05) is 30.3 Å². The van der Waals surface area contributed by atoms with E-state index in [-0.39, 0.29) is 11.8 Å². The van der Waals surface area contributed by atoms with Gasteiger partial charge in [0.2, 0.25) is 5.91 Å². The molecule has 1 aromatic heterocycles. The second kappa shape index (κ2) is 6.83. The van der Waals surface area contributed by atoms with Crippen LogP contribution in [0.1, 0.15) is 16.1 Å². The smallest absolute Gasteiger partial charge is 0.253 e. The van der Waals surface area contributed by atoms with Crippen LogP contribution in [0, 0.1) is 0 Å². The molecule has 0 saturated heterocycles. The third kappa shape index (κ3) is 3.35. The van der Waals surface area contributed by atoms with Crippen molar-refractivity contribution in [2.24, 2.45) is 0 Å². The average Bonchev–Trinajstić information content (AvgIpc) is 3.03. The summed E-state index contributed by atoms with van der Waals surface area (Å²) in [5.74, 6) is -0.00934. The van der Waals surface area contributed by atoms with Gasteiger partial charge in [-0.3, -0.25) is 9.59 Å². The number of para-hydroxylation sites is 2. The molecule has 2 amide bonds. The van der Waals surface area contributed by atoms with E-state index in [0.717, 1.165) is 11.0 Å². The number of benzene rings is 2. The predicted molar refractivity (Wildman–Crippen MR) is 93.7 cm³/mol. The number of rotatable bonds is 4. The van der Waals surface area contributed by atoms with Gasteiger partial charge in [-0.05, 0) is 30.3 Å². The largest absolute Gasteiger partial charge is 0.457 e. The number of hydrogen-bond acceptors (Lipinski definition) is 3. The zero-order valence-corrected chi connectivity index (χ0v) is 13.1. The first-order chi connectivity index (χ1) is 11.7. The molecule has 5 nitrogen and oxygen atoms in total. The Bertz CT molecular complexity index is 892. The molecule has 0 radical (unpaired) electrons. The summed E-state index contributed by atoms with van der Waals surface area (Å²) >= 11 is 0. The minimum absolute atomic E-state index is 0.257. The monoisotopic (exact) mass is 320 g/mol. The summed E-state index contributed by atoms with van der Waals surface area (Å²) in [4.78, 5) is 23.9. The Labute approximate surface area is 139 Å². The van der Waals surface area contributed by atoms with Crippen LogP contribution in [0.3, 0.4) is 0 Å². The molecule has 3 rings (SSSR count). The predicted octanol–water partition coefficient (Wildman–Crippen LogP) is 3.44. The van der Waals surface area contributed by atoms with Crippen molar-refractivity contribution in [3.63, 3.8) is 0 Å². The van der Waals surface area contributed by atoms with E-state index in [2.05, 4.69) is 10.6 Å². The molecule has 24 heavy (non-hydrogen) atoms. The minimum atomic E-state index is -0.341. The van der Waals surface area contributed by atoms with E-state index < -0.39 is 0 Å². The van der Waals surface area contributed by atoms with Gasteiger partial charge in [0.25, 0.3) is 5.91 Å². The van der Waals surface area contributed by atoms with Crippen molar-refractivity contribution in [2.75, 3.05) is 12.4 Å². The maximum absolute atomic E-state index is 12.1. The van der Waals surface area contributed by atoms with Gasteiger partial charge in [-0.2, -0.15) is 0 Å². The Balaban J connectivity index is 1.75. The van der Waals surface area contributed by atoms with E-state index in [0.29, 0.717) is 17.0 Å². The van der Waals surface area contributed by atoms with Gasteiger partial charge in [0.05, 0.1) is 11.3 Å². The van der Waals surface area contributed by atoms with Gasteiger partial charge in [-0.1, -0.05) is 30.3 Å². The molecule has 0 unspecified atom stereocenters. The van der Waals surface area contributed by atoms with Crippen molar-refractivity contribution >= 4 is 34.5 Å². The fourth-order valence-electron chi connectivity index (χ4n) is 2.34. The molecule has 0 spiro atoms. The van der Waals surface area contributed by atoms with Crippen LogP contribution in [0.15, 0.2) is 65.1 Å².